The third-order valence-electron chi connectivity index (χ3n) is 5.37. The lowest BCUT2D eigenvalue weighted by molar-refractivity contribution is 0.0980. The van der Waals surface area contributed by atoms with E-state index in [-0.39, 0.29) is 5.91 Å². The Labute approximate surface area is 154 Å². The van der Waals surface area contributed by atoms with E-state index in [0.717, 1.165) is 43.6 Å². The molecule has 1 aromatic heterocycles. The molecule has 26 heavy (non-hydrogen) atoms. The third kappa shape index (κ3) is 3.57. The summed E-state index contributed by atoms with van der Waals surface area (Å²) in [6, 6.07) is 10.4. The van der Waals surface area contributed by atoms with E-state index in [1.165, 1.54) is 24.8 Å². The summed E-state index contributed by atoms with van der Waals surface area (Å²) in [5, 5.41) is 3.45. The predicted molar refractivity (Wildman–Crippen MR) is 104 cm³/mol. The van der Waals surface area contributed by atoms with Crippen molar-refractivity contribution in [1.82, 2.24) is 9.97 Å². The first-order valence-corrected chi connectivity index (χ1v) is 9.73. The number of nitrogens with zero attached hydrogens (tertiary/aromatic N) is 3. The van der Waals surface area contributed by atoms with Crippen LogP contribution in [0.5, 0.6) is 0 Å². The van der Waals surface area contributed by atoms with Crippen molar-refractivity contribution in [2.24, 2.45) is 0 Å². The monoisotopic (exact) mass is 350 g/mol. The van der Waals surface area contributed by atoms with Crippen LogP contribution in [0.1, 0.15) is 60.3 Å². The van der Waals surface area contributed by atoms with E-state index in [9.17, 15) is 4.79 Å². The van der Waals surface area contributed by atoms with Crippen LogP contribution in [0, 0.1) is 6.92 Å². The molecule has 4 rings (SSSR count). The minimum atomic E-state index is -0.0330. The molecule has 1 aromatic carbocycles. The van der Waals surface area contributed by atoms with E-state index in [4.69, 9.17) is 0 Å². The van der Waals surface area contributed by atoms with Crippen LogP contribution in [0.3, 0.4) is 0 Å². The smallest absolute Gasteiger partial charge is 0.277 e. The standard InChI is InChI=1S/C21H26N4O/c1-15-14-18(24-21(22-15)23-17-10-3-2-4-11-17)20(26)25-13-7-9-16-8-5-6-12-19(16)25/h5-6,8,12,14,17H,2-4,7,9-11,13H2,1H3,(H,22,23,24). The first kappa shape index (κ1) is 17.0. The highest BCUT2D eigenvalue weighted by atomic mass is 16.2. The second kappa shape index (κ2) is 7.44. The van der Waals surface area contributed by atoms with E-state index in [1.807, 2.05) is 30.0 Å². The number of para-hydroxylation sites is 1. The molecule has 0 radical (unpaired) electrons. The first-order chi connectivity index (χ1) is 12.7. The van der Waals surface area contributed by atoms with E-state index in [2.05, 4.69) is 21.4 Å². The molecule has 2 heterocycles. The Kier molecular flexibility index (Phi) is 4.87. The zero-order valence-corrected chi connectivity index (χ0v) is 15.4. The maximum atomic E-state index is 13.2. The Balaban J connectivity index is 1.58. The molecule has 1 aliphatic carbocycles. The number of aryl methyl sites for hydroxylation is 2. The second-order valence-electron chi connectivity index (χ2n) is 7.39. The molecule has 0 saturated heterocycles. The van der Waals surface area contributed by atoms with E-state index in [1.54, 1.807) is 6.07 Å². The van der Waals surface area contributed by atoms with E-state index < -0.39 is 0 Å². The number of hydrogen-bond donors (Lipinski definition) is 1. The number of carbonyl (C=O) groups is 1. The fourth-order valence-electron chi connectivity index (χ4n) is 4.06. The lowest BCUT2D eigenvalue weighted by Gasteiger charge is -2.29. The fraction of sp³-hybridized carbons (Fsp3) is 0.476. The summed E-state index contributed by atoms with van der Waals surface area (Å²) in [4.78, 5) is 24.1. The van der Waals surface area contributed by atoms with Gasteiger partial charge in [-0.2, -0.15) is 0 Å². The summed E-state index contributed by atoms with van der Waals surface area (Å²) < 4.78 is 0. The molecular formula is C21H26N4O. The van der Waals surface area contributed by atoms with E-state index in [0.29, 0.717) is 17.7 Å². The summed E-state index contributed by atoms with van der Waals surface area (Å²) in [6.45, 7) is 2.67. The van der Waals surface area contributed by atoms with Crippen LogP contribution in [-0.2, 0) is 6.42 Å². The number of carbonyl (C=O) groups excluding carboxylic acids is 1. The summed E-state index contributed by atoms with van der Waals surface area (Å²) in [6.07, 6.45) is 8.13. The van der Waals surface area contributed by atoms with Crippen molar-refractivity contribution < 1.29 is 4.79 Å². The molecule has 5 nitrogen and oxygen atoms in total. The van der Waals surface area contributed by atoms with E-state index >= 15 is 0 Å². The number of fused-ring (bicyclic) bond motifs is 1. The first-order valence-electron chi connectivity index (χ1n) is 9.73. The minimum absolute atomic E-state index is 0.0330. The highest BCUT2D eigenvalue weighted by Crippen LogP contribution is 2.28. The Morgan fingerprint density at radius 3 is 2.77 bits per heavy atom. The van der Waals surface area contributed by atoms with Crippen LogP contribution in [0.4, 0.5) is 11.6 Å². The van der Waals surface area contributed by atoms with Gasteiger partial charge in [0.15, 0.2) is 0 Å². The Morgan fingerprint density at radius 2 is 1.92 bits per heavy atom. The van der Waals surface area contributed by atoms with Gasteiger partial charge in [-0.1, -0.05) is 37.5 Å². The number of aromatic nitrogens is 2. The molecule has 1 saturated carbocycles. The Morgan fingerprint density at radius 1 is 1.12 bits per heavy atom. The van der Waals surface area contributed by atoms with Gasteiger partial charge >= 0.3 is 0 Å². The molecule has 2 aromatic rings. The summed E-state index contributed by atoms with van der Waals surface area (Å²) >= 11 is 0. The van der Waals surface area contributed by atoms with Crippen molar-refractivity contribution in [3.63, 3.8) is 0 Å². The van der Waals surface area contributed by atoms with Gasteiger partial charge in [-0.05, 0) is 50.3 Å². The predicted octanol–water partition coefficient (Wildman–Crippen LogP) is 4.12. The van der Waals surface area contributed by atoms with Crippen LogP contribution in [0.15, 0.2) is 30.3 Å². The molecule has 5 heteroatoms. The van der Waals surface area contributed by atoms with Crippen molar-refractivity contribution in [1.29, 1.82) is 0 Å². The van der Waals surface area contributed by atoms with Gasteiger partial charge in [-0.15, -0.1) is 0 Å². The molecule has 2 aliphatic rings. The number of nitrogens with one attached hydrogen (secondary N) is 1. The molecule has 1 N–H and O–H groups in total. The zero-order valence-electron chi connectivity index (χ0n) is 15.4. The average molecular weight is 350 g/mol. The van der Waals surface area contributed by atoms with Crippen LogP contribution >= 0.6 is 0 Å². The molecule has 0 spiro atoms. The highest BCUT2D eigenvalue weighted by molar-refractivity contribution is 6.05. The van der Waals surface area contributed by atoms with Gasteiger partial charge in [0.25, 0.3) is 5.91 Å². The second-order valence-corrected chi connectivity index (χ2v) is 7.39. The van der Waals surface area contributed by atoms with Crippen molar-refractivity contribution >= 4 is 17.5 Å². The fourth-order valence-corrected chi connectivity index (χ4v) is 4.06. The maximum absolute atomic E-state index is 13.2. The lowest BCUT2D eigenvalue weighted by Crippen LogP contribution is -2.36. The van der Waals surface area contributed by atoms with Gasteiger partial charge in [-0.25, -0.2) is 9.97 Å². The summed E-state index contributed by atoms with van der Waals surface area (Å²) in [5.74, 6) is 0.555. The number of amides is 1. The van der Waals surface area contributed by atoms with Crippen LogP contribution in [-0.4, -0.2) is 28.5 Å². The van der Waals surface area contributed by atoms with Crippen molar-refractivity contribution in [2.45, 2.75) is 57.9 Å². The van der Waals surface area contributed by atoms with Crippen molar-refractivity contribution in [3.05, 3.63) is 47.3 Å². The molecule has 1 amide bonds. The van der Waals surface area contributed by atoms with Crippen LogP contribution < -0.4 is 10.2 Å². The third-order valence-corrected chi connectivity index (χ3v) is 5.37. The van der Waals surface area contributed by atoms with Crippen molar-refractivity contribution in [2.75, 3.05) is 16.8 Å². The Hall–Kier alpha value is -2.43. The van der Waals surface area contributed by atoms with Gasteiger partial charge in [-0.3, -0.25) is 4.79 Å². The van der Waals surface area contributed by atoms with Crippen LogP contribution in [0.2, 0.25) is 0 Å². The molecule has 1 aliphatic heterocycles. The molecule has 0 bridgehead atoms. The van der Waals surface area contributed by atoms with Crippen LogP contribution in [0.25, 0.3) is 0 Å². The van der Waals surface area contributed by atoms with Gasteiger partial charge < -0.3 is 10.2 Å². The topological polar surface area (TPSA) is 58.1 Å². The van der Waals surface area contributed by atoms with Gasteiger partial charge in [0.05, 0.1) is 0 Å². The number of hydrogen-bond acceptors (Lipinski definition) is 4. The van der Waals surface area contributed by atoms with Gasteiger partial charge in [0.2, 0.25) is 5.95 Å². The zero-order chi connectivity index (χ0) is 17.9. The number of rotatable bonds is 3. The van der Waals surface area contributed by atoms with Gasteiger partial charge in [0, 0.05) is 24.0 Å². The average Bonchev–Trinajstić information content (AvgIpc) is 2.67. The van der Waals surface area contributed by atoms with Gasteiger partial charge in [0.1, 0.15) is 5.69 Å². The molecule has 136 valence electrons. The summed E-state index contributed by atoms with van der Waals surface area (Å²) in [5.41, 5.74) is 3.56. The maximum Gasteiger partial charge on any atom is 0.277 e. The highest BCUT2D eigenvalue weighted by Gasteiger charge is 2.25. The quantitative estimate of drug-likeness (QED) is 0.904. The minimum Gasteiger partial charge on any atom is -0.351 e. The molecule has 0 atom stereocenters. The lowest BCUT2D eigenvalue weighted by atomic mass is 9.96. The van der Waals surface area contributed by atoms with Crippen molar-refractivity contribution in [3.8, 4) is 0 Å². The summed E-state index contributed by atoms with van der Waals surface area (Å²) in [7, 11) is 0. The molecular weight excluding hydrogens is 324 g/mol. The number of anilines is 2. The molecule has 1 fully saturated rings. The largest absolute Gasteiger partial charge is 0.351 e. The SMILES string of the molecule is Cc1cc(C(=O)N2CCCc3ccccc32)nc(NC2CCCCC2)n1. The molecule has 0 unspecified atom stereocenters. The number of benzene rings is 1. The normalized spacial score (nSPS) is 17.7. The Bertz CT molecular complexity index is 798.